The molecule has 0 unspecified atom stereocenters. The fraction of sp³-hybridized carbons (Fsp3) is 0.235. The summed E-state index contributed by atoms with van der Waals surface area (Å²) in [5, 5.41) is 0. The van der Waals surface area contributed by atoms with Gasteiger partial charge in [0.15, 0.2) is 0 Å². The van der Waals surface area contributed by atoms with Crippen LogP contribution in [0.2, 0.25) is 0 Å². The third-order valence-electron chi connectivity index (χ3n) is 2.66. The van der Waals surface area contributed by atoms with Crippen LogP contribution in [-0.4, -0.2) is 38.7 Å². The van der Waals surface area contributed by atoms with Crippen molar-refractivity contribution in [3.8, 4) is 5.75 Å². The molecule has 1 aromatic rings. The van der Waals surface area contributed by atoms with Gasteiger partial charge in [-0.05, 0) is 23.8 Å². The molecule has 128 valence electrons. The number of hydrogen-bond donors (Lipinski definition) is 0. The van der Waals surface area contributed by atoms with Crippen molar-refractivity contribution in [2.45, 2.75) is 6.61 Å². The Bertz CT molecular complexity index is 614. The van der Waals surface area contributed by atoms with E-state index in [0.717, 1.165) is 17.7 Å². The van der Waals surface area contributed by atoms with E-state index in [9.17, 15) is 14.4 Å². The van der Waals surface area contributed by atoms with Crippen molar-refractivity contribution in [1.29, 1.82) is 0 Å². The zero-order valence-corrected chi connectivity index (χ0v) is 13.4. The Kier molecular flexibility index (Phi) is 8.38. The zero-order chi connectivity index (χ0) is 17.8. The second-order valence-corrected chi connectivity index (χ2v) is 4.34. The van der Waals surface area contributed by atoms with Crippen molar-refractivity contribution in [2.75, 3.05) is 20.8 Å². The van der Waals surface area contributed by atoms with E-state index in [1.807, 2.05) is 0 Å². The number of carbonyl (C=O) groups is 3. The molecule has 0 amide bonds. The molecule has 7 nitrogen and oxygen atoms in total. The number of methoxy groups -OCH3 is 2. The van der Waals surface area contributed by atoms with E-state index < -0.39 is 17.9 Å². The van der Waals surface area contributed by atoms with Gasteiger partial charge in [-0.1, -0.05) is 12.1 Å². The van der Waals surface area contributed by atoms with Crippen molar-refractivity contribution in [3.05, 3.63) is 54.1 Å². The average Bonchev–Trinajstić information content (AvgIpc) is 2.62. The SMILES string of the molecule is COC(=O)/C=C/COc1ccc(COC(=O)/C=C/C(=O)OC)cc1. The number of hydrogen-bond acceptors (Lipinski definition) is 7. The first-order valence-electron chi connectivity index (χ1n) is 6.94. The van der Waals surface area contributed by atoms with Crippen LogP contribution in [0.3, 0.4) is 0 Å². The molecule has 0 saturated heterocycles. The van der Waals surface area contributed by atoms with Gasteiger partial charge in [0.1, 0.15) is 19.0 Å². The van der Waals surface area contributed by atoms with E-state index in [2.05, 4.69) is 9.47 Å². The summed E-state index contributed by atoms with van der Waals surface area (Å²) >= 11 is 0. The number of rotatable bonds is 8. The fourth-order valence-electron chi connectivity index (χ4n) is 1.45. The van der Waals surface area contributed by atoms with Gasteiger partial charge in [0.05, 0.1) is 14.2 Å². The molecule has 0 saturated carbocycles. The number of ether oxygens (including phenoxy) is 4. The summed E-state index contributed by atoms with van der Waals surface area (Å²) in [4.78, 5) is 33.1. The van der Waals surface area contributed by atoms with Crippen LogP contribution in [0.4, 0.5) is 0 Å². The van der Waals surface area contributed by atoms with Crippen LogP contribution in [0.25, 0.3) is 0 Å². The first-order valence-corrected chi connectivity index (χ1v) is 6.94. The Hall–Kier alpha value is -3.09. The lowest BCUT2D eigenvalue weighted by atomic mass is 10.2. The average molecular weight is 334 g/mol. The first-order chi connectivity index (χ1) is 11.5. The molecular formula is C17H18O7. The smallest absolute Gasteiger partial charge is 0.331 e. The molecule has 0 aromatic heterocycles. The third kappa shape index (κ3) is 7.79. The van der Waals surface area contributed by atoms with E-state index in [4.69, 9.17) is 9.47 Å². The van der Waals surface area contributed by atoms with Crippen molar-refractivity contribution in [3.63, 3.8) is 0 Å². The van der Waals surface area contributed by atoms with Gasteiger partial charge in [0, 0.05) is 18.2 Å². The van der Waals surface area contributed by atoms with Gasteiger partial charge in [0.2, 0.25) is 0 Å². The Balaban J connectivity index is 2.38. The molecule has 0 heterocycles. The Morgan fingerprint density at radius 3 is 2.08 bits per heavy atom. The summed E-state index contributed by atoms with van der Waals surface area (Å²) < 4.78 is 19.2. The Labute approximate surface area is 139 Å². The molecule has 1 aromatic carbocycles. The van der Waals surface area contributed by atoms with Crippen LogP contribution in [0.1, 0.15) is 5.56 Å². The van der Waals surface area contributed by atoms with Gasteiger partial charge in [0.25, 0.3) is 0 Å². The van der Waals surface area contributed by atoms with E-state index in [0.29, 0.717) is 5.75 Å². The van der Waals surface area contributed by atoms with Crippen molar-refractivity contribution < 1.29 is 33.3 Å². The van der Waals surface area contributed by atoms with Crippen LogP contribution in [0.5, 0.6) is 5.75 Å². The minimum Gasteiger partial charge on any atom is -0.490 e. The third-order valence-corrected chi connectivity index (χ3v) is 2.66. The van der Waals surface area contributed by atoms with Crippen LogP contribution < -0.4 is 4.74 Å². The molecule has 24 heavy (non-hydrogen) atoms. The second kappa shape index (κ2) is 10.6. The molecule has 0 spiro atoms. The Morgan fingerprint density at radius 2 is 1.46 bits per heavy atom. The summed E-state index contributed by atoms with van der Waals surface area (Å²) in [6.45, 7) is 0.286. The highest BCUT2D eigenvalue weighted by molar-refractivity contribution is 5.91. The zero-order valence-electron chi connectivity index (χ0n) is 13.4. The lowest BCUT2D eigenvalue weighted by molar-refractivity contribution is -0.140. The van der Waals surface area contributed by atoms with Crippen LogP contribution in [0.15, 0.2) is 48.6 Å². The molecule has 0 bridgehead atoms. The Morgan fingerprint density at radius 1 is 0.875 bits per heavy atom. The van der Waals surface area contributed by atoms with Crippen molar-refractivity contribution in [2.24, 2.45) is 0 Å². The van der Waals surface area contributed by atoms with Crippen molar-refractivity contribution in [1.82, 2.24) is 0 Å². The summed E-state index contributed by atoms with van der Waals surface area (Å²) in [5.41, 5.74) is 0.757. The molecule has 7 heteroatoms. The molecule has 1 rings (SSSR count). The highest BCUT2D eigenvalue weighted by atomic mass is 16.5. The van der Waals surface area contributed by atoms with E-state index in [1.165, 1.54) is 26.4 Å². The largest absolute Gasteiger partial charge is 0.490 e. The highest BCUT2D eigenvalue weighted by Crippen LogP contribution is 2.13. The van der Waals surface area contributed by atoms with Crippen LogP contribution in [0, 0.1) is 0 Å². The van der Waals surface area contributed by atoms with Gasteiger partial charge in [-0.3, -0.25) is 0 Å². The summed E-state index contributed by atoms with van der Waals surface area (Å²) in [5.74, 6) is -1.12. The van der Waals surface area contributed by atoms with E-state index in [-0.39, 0.29) is 13.2 Å². The highest BCUT2D eigenvalue weighted by Gasteiger charge is 2.01. The molecule has 0 radical (unpaired) electrons. The maximum atomic E-state index is 11.4. The standard InChI is InChI=1S/C17H18O7/c1-21-15(18)4-3-11-23-14-7-5-13(6-8-14)12-24-17(20)10-9-16(19)22-2/h3-10H,11-12H2,1-2H3/b4-3+,10-9+. The van der Waals surface area contributed by atoms with E-state index in [1.54, 1.807) is 24.3 Å². The molecule has 0 atom stereocenters. The summed E-state index contributed by atoms with van der Waals surface area (Å²) in [6, 6.07) is 6.88. The van der Waals surface area contributed by atoms with E-state index >= 15 is 0 Å². The quantitative estimate of drug-likeness (QED) is 0.405. The number of benzene rings is 1. The molecular weight excluding hydrogens is 316 g/mol. The maximum Gasteiger partial charge on any atom is 0.331 e. The molecule has 0 aliphatic rings. The summed E-state index contributed by atoms with van der Waals surface area (Å²) in [6.07, 6.45) is 4.79. The van der Waals surface area contributed by atoms with Crippen molar-refractivity contribution >= 4 is 17.9 Å². The lowest BCUT2D eigenvalue weighted by Gasteiger charge is -2.05. The first kappa shape index (κ1) is 19.0. The molecule has 0 fully saturated rings. The number of esters is 3. The fourth-order valence-corrected chi connectivity index (χ4v) is 1.45. The minimum atomic E-state index is -0.645. The van der Waals surface area contributed by atoms with Gasteiger partial charge < -0.3 is 18.9 Å². The molecule has 0 N–H and O–H groups in total. The van der Waals surface area contributed by atoms with Gasteiger partial charge in [-0.2, -0.15) is 0 Å². The molecule has 0 aliphatic heterocycles. The van der Waals surface area contributed by atoms with Gasteiger partial charge in [-0.25, -0.2) is 14.4 Å². The number of carbonyl (C=O) groups excluding carboxylic acids is 3. The monoisotopic (exact) mass is 334 g/mol. The summed E-state index contributed by atoms with van der Waals surface area (Å²) in [7, 11) is 2.51. The van der Waals surface area contributed by atoms with Crippen LogP contribution >= 0.6 is 0 Å². The lowest BCUT2D eigenvalue weighted by Crippen LogP contribution is -2.03. The minimum absolute atomic E-state index is 0.0624. The normalized spacial score (nSPS) is 10.6. The van der Waals surface area contributed by atoms with Gasteiger partial charge in [-0.15, -0.1) is 0 Å². The topological polar surface area (TPSA) is 88.1 Å². The second-order valence-electron chi connectivity index (χ2n) is 4.34. The predicted octanol–water partition coefficient (Wildman–Crippen LogP) is 1.57. The van der Waals surface area contributed by atoms with Gasteiger partial charge >= 0.3 is 17.9 Å². The molecule has 0 aliphatic carbocycles. The predicted molar refractivity (Wildman–Crippen MR) is 84.0 cm³/mol. The van der Waals surface area contributed by atoms with Crippen LogP contribution in [-0.2, 0) is 35.2 Å². The maximum absolute atomic E-state index is 11.4.